The Morgan fingerprint density at radius 2 is 2.19 bits per heavy atom. The molecule has 1 aromatic heterocycles. The second kappa shape index (κ2) is 6.71. The number of alkyl halides is 1. The molecule has 3 nitrogen and oxygen atoms in total. The highest BCUT2D eigenvalue weighted by Gasteiger charge is 2.04. The molecule has 0 aromatic carbocycles. The maximum absolute atomic E-state index is 5.82. The lowest BCUT2D eigenvalue weighted by molar-refractivity contribution is 0.279. The fraction of sp³-hybridized carbons (Fsp3) is 0.583. The molecule has 1 aromatic rings. The number of nitrogens with zero attached hydrogens (tertiary/aromatic N) is 2. The van der Waals surface area contributed by atoms with Crippen LogP contribution >= 0.6 is 11.6 Å². The van der Waals surface area contributed by atoms with E-state index in [0.717, 1.165) is 30.0 Å². The topological polar surface area (TPSA) is 25.4 Å². The van der Waals surface area contributed by atoms with Crippen molar-refractivity contribution in [2.24, 2.45) is 0 Å². The van der Waals surface area contributed by atoms with Crippen molar-refractivity contribution in [3.05, 3.63) is 23.5 Å². The average molecular weight is 243 g/mol. The van der Waals surface area contributed by atoms with E-state index in [1.54, 1.807) is 6.20 Å². The lowest BCUT2D eigenvalue weighted by atomic mass is 10.2. The van der Waals surface area contributed by atoms with Crippen molar-refractivity contribution in [3.63, 3.8) is 0 Å². The second-order valence-electron chi connectivity index (χ2n) is 4.07. The van der Waals surface area contributed by atoms with Gasteiger partial charge in [0.05, 0.1) is 12.5 Å². The molecular formula is C12H19ClN2O. The third-order valence-corrected chi connectivity index (χ3v) is 2.52. The molecule has 0 atom stereocenters. The summed E-state index contributed by atoms with van der Waals surface area (Å²) in [5.74, 6) is 1.30. The van der Waals surface area contributed by atoms with Gasteiger partial charge in [-0.3, -0.25) is 4.98 Å². The number of pyridine rings is 1. The predicted octanol–water partition coefficient (Wildman–Crippen LogP) is 2.46. The standard InChI is InChI=1S/C12H19ClN2O/c1-10-7-12(11(8-13)9-14-10)16-6-4-5-15(2)3/h7,9H,4-6,8H2,1-3H3. The first-order chi connectivity index (χ1) is 7.63. The molecule has 0 unspecified atom stereocenters. The van der Waals surface area contributed by atoms with Gasteiger partial charge in [0.1, 0.15) is 5.75 Å². The van der Waals surface area contributed by atoms with Crippen LogP contribution in [0.2, 0.25) is 0 Å². The van der Waals surface area contributed by atoms with Gasteiger partial charge in [-0.05, 0) is 27.4 Å². The average Bonchev–Trinajstić information content (AvgIpc) is 2.24. The van der Waals surface area contributed by atoms with Crippen molar-refractivity contribution in [1.29, 1.82) is 0 Å². The highest BCUT2D eigenvalue weighted by Crippen LogP contribution is 2.20. The van der Waals surface area contributed by atoms with Gasteiger partial charge in [-0.15, -0.1) is 11.6 Å². The number of halogens is 1. The molecule has 1 rings (SSSR count). The van der Waals surface area contributed by atoms with E-state index in [2.05, 4.69) is 24.0 Å². The zero-order valence-corrected chi connectivity index (χ0v) is 10.9. The molecule has 0 fully saturated rings. The Kier molecular flexibility index (Phi) is 5.56. The predicted molar refractivity (Wildman–Crippen MR) is 67.2 cm³/mol. The Hall–Kier alpha value is -0.800. The minimum Gasteiger partial charge on any atom is -0.493 e. The van der Waals surface area contributed by atoms with Gasteiger partial charge in [0, 0.05) is 30.1 Å². The maximum Gasteiger partial charge on any atom is 0.127 e. The molecule has 0 aliphatic rings. The molecule has 0 aliphatic heterocycles. The van der Waals surface area contributed by atoms with Crippen molar-refractivity contribution in [1.82, 2.24) is 9.88 Å². The van der Waals surface area contributed by atoms with E-state index in [0.29, 0.717) is 12.5 Å². The zero-order valence-electron chi connectivity index (χ0n) is 10.2. The minimum atomic E-state index is 0.441. The van der Waals surface area contributed by atoms with Crippen molar-refractivity contribution in [3.8, 4) is 5.75 Å². The first kappa shape index (κ1) is 13.3. The monoisotopic (exact) mass is 242 g/mol. The summed E-state index contributed by atoms with van der Waals surface area (Å²) < 4.78 is 5.71. The summed E-state index contributed by atoms with van der Waals surface area (Å²) >= 11 is 5.82. The summed E-state index contributed by atoms with van der Waals surface area (Å²) in [7, 11) is 4.11. The molecule has 0 spiro atoms. The summed E-state index contributed by atoms with van der Waals surface area (Å²) in [6, 6.07) is 1.94. The Morgan fingerprint density at radius 1 is 1.44 bits per heavy atom. The smallest absolute Gasteiger partial charge is 0.127 e. The highest BCUT2D eigenvalue weighted by atomic mass is 35.5. The van der Waals surface area contributed by atoms with Gasteiger partial charge in [-0.1, -0.05) is 0 Å². The SMILES string of the molecule is Cc1cc(OCCCN(C)C)c(CCl)cn1. The molecular weight excluding hydrogens is 224 g/mol. The van der Waals surface area contributed by atoms with E-state index in [-0.39, 0.29) is 0 Å². The number of aromatic nitrogens is 1. The molecule has 0 radical (unpaired) electrons. The fourth-order valence-electron chi connectivity index (χ4n) is 1.36. The van der Waals surface area contributed by atoms with Crippen LogP contribution in [0.5, 0.6) is 5.75 Å². The van der Waals surface area contributed by atoms with Crippen LogP contribution in [-0.4, -0.2) is 37.1 Å². The van der Waals surface area contributed by atoms with E-state index >= 15 is 0 Å². The van der Waals surface area contributed by atoms with E-state index in [9.17, 15) is 0 Å². The van der Waals surface area contributed by atoms with Crippen molar-refractivity contribution in [2.75, 3.05) is 27.2 Å². The second-order valence-corrected chi connectivity index (χ2v) is 4.34. The minimum absolute atomic E-state index is 0.441. The van der Waals surface area contributed by atoms with E-state index in [1.807, 2.05) is 13.0 Å². The lowest BCUT2D eigenvalue weighted by Crippen LogP contribution is -2.15. The molecule has 1 heterocycles. The van der Waals surface area contributed by atoms with Crippen LogP contribution in [0.15, 0.2) is 12.3 Å². The number of aryl methyl sites for hydroxylation is 1. The lowest BCUT2D eigenvalue weighted by Gasteiger charge is -2.12. The molecule has 4 heteroatoms. The molecule has 0 saturated carbocycles. The number of hydrogen-bond donors (Lipinski definition) is 0. The Bertz CT molecular complexity index is 329. The molecule has 90 valence electrons. The quantitative estimate of drug-likeness (QED) is 0.566. The summed E-state index contributed by atoms with van der Waals surface area (Å²) in [6.07, 6.45) is 2.79. The largest absolute Gasteiger partial charge is 0.493 e. The van der Waals surface area contributed by atoms with Crippen molar-refractivity contribution >= 4 is 11.6 Å². The fourth-order valence-corrected chi connectivity index (χ4v) is 1.56. The van der Waals surface area contributed by atoms with Crippen molar-refractivity contribution in [2.45, 2.75) is 19.2 Å². The summed E-state index contributed by atoms with van der Waals surface area (Å²) in [4.78, 5) is 6.34. The zero-order chi connectivity index (χ0) is 12.0. The number of hydrogen-bond acceptors (Lipinski definition) is 3. The normalized spacial score (nSPS) is 10.8. The van der Waals surface area contributed by atoms with Crippen molar-refractivity contribution < 1.29 is 4.74 Å². The third kappa shape index (κ3) is 4.37. The summed E-state index contributed by atoms with van der Waals surface area (Å²) in [6.45, 7) is 3.69. The molecule has 0 N–H and O–H groups in total. The van der Waals surface area contributed by atoms with Crippen LogP contribution in [0, 0.1) is 6.92 Å². The molecule has 0 amide bonds. The Balaban J connectivity index is 2.48. The maximum atomic E-state index is 5.82. The third-order valence-electron chi connectivity index (χ3n) is 2.23. The van der Waals surface area contributed by atoms with Gasteiger partial charge in [0.2, 0.25) is 0 Å². The molecule has 16 heavy (non-hydrogen) atoms. The van der Waals surface area contributed by atoms with Crippen LogP contribution in [0.4, 0.5) is 0 Å². The van der Waals surface area contributed by atoms with Crippen LogP contribution in [0.1, 0.15) is 17.7 Å². The van der Waals surface area contributed by atoms with E-state index < -0.39 is 0 Å². The van der Waals surface area contributed by atoms with Gasteiger partial charge >= 0.3 is 0 Å². The highest BCUT2D eigenvalue weighted by molar-refractivity contribution is 6.17. The molecule has 0 bridgehead atoms. The Labute approximate surface area is 102 Å². The van der Waals surface area contributed by atoms with Crippen LogP contribution < -0.4 is 4.74 Å². The first-order valence-corrected chi connectivity index (χ1v) is 5.96. The van der Waals surface area contributed by atoms with Crippen LogP contribution in [0.3, 0.4) is 0 Å². The van der Waals surface area contributed by atoms with Gasteiger partial charge in [0.15, 0.2) is 0 Å². The summed E-state index contributed by atoms with van der Waals surface area (Å²) in [5, 5.41) is 0. The van der Waals surface area contributed by atoms with Crippen LogP contribution in [-0.2, 0) is 5.88 Å². The van der Waals surface area contributed by atoms with Gasteiger partial charge in [0.25, 0.3) is 0 Å². The van der Waals surface area contributed by atoms with Gasteiger partial charge in [-0.25, -0.2) is 0 Å². The number of rotatable bonds is 6. The van der Waals surface area contributed by atoms with E-state index in [1.165, 1.54) is 0 Å². The van der Waals surface area contributed by atoms with E-state index in [4.69, 9.17) is 16.3 Å². The van der Waals surface area contributed by atoms with Crippen LogP contribution in [0.25, 0.3) is 0 Å². The molecule has 0 aliphatic carbocycles. The number of ether oxygens (including phenoxy) is 1. The van der Waals surface area contributed by atoms with Gasteiger partial charge < -0.3 is 9.64 Å². The molecule has 0 saturated heterocycles. The summed E-state index contributed by atoms with van der Waals surface area (Å²) in [5.41, 5.74) is 1.91. The van der Waals surface area contributed by atoms with Gasteiger partial charge in [-0.2, -0.15) is 0 Å². The Morgan fingerprint density at radius 3 is 2.81 bits per heavy atom. The first-order valence-electron chi connectivity index (χ1n) is 5.42.